The SMILES string of the molecule is CCc1nc(C(=O)N(C2CC2)C2CCN(CC)CC2)nn1-c1c(Cl)cccc1Cl. The zero-order valence-corrected chi connectivity index (χ0v) is 18.5. The Labute approximate surface area is 181 Å². The van der Waals surface area contributed by atoms with Crippen LogP contribution in [-0.2, 0) is 6.42 Å². The Morgan fingerprint density at radius 2 is 1.72 bits per heavy atom. The van der Waals surface area contributed by atoms with Gasteiger partial charge in [0.1, 0.15) is 11.5 Å². The first-order valence-electron chi connectivity index (χ1n) is 10.5. The third kappa shape index (κ3) is 4.16. The summed E-state index contributed by atoms with van der Waals surface area (Å²) in [6, 6.07) is 5.91. The Bertz CT molecular complexity index is 867. The molecule has 1 amide bonds. The van der Waals surface area contributed by atoms with Crippen molar-refractivity contribution in [2.24, 2.45) is 0 Å². The highest BCUT2D eigenvalue weighted by atomic mass is 35.5. The maximum atomic E-state index is 13.5. The molecule has 6 nitrogen and oxygen atoms in total. The summed E-state index contributed by atoms with van der Waals surface area (Å²) in [5.41, 5.74) is 0.577. The topological polar surface area (TPSA) is 54.3 Å². The zero-order valence-electron chi connectivity index (χ0n) is 16.9. The van der Waals surface area contributed by atoms with E-state index in [0.717, 1.165) is 45.3 Å². The number of amides is 1. The molecule has 0 bridgehead atoms. The monoisotopic (exact) mass is 435 g/mol. The second kappa shape index (κ2) is 8.62. The van der Waals surface area contributed by atoms with Crippen LogP contribution in [0.15, 0.2) is 18.2 Å². The molecule has 29 heavy (non-hydrogen) atoms. The standard InChI is InChI=1S/C21H27Cl2N5O/c1-3-18-24-20(25-28(18)19-16(22)6-5-7-17(19)23)21(29)27(14-8-9-14)15-10-12-26(4-2)13-11-15/h5-7,14-15H,3-4,8-13H2,1-2H3. The summed E-state index contributed by atoms with van der Waals surface area (Å²) < 4.78 is 1.63. The van der Waals surface area contributed by atoms with E-state index >= 15 is 0 Å². The smallest absolute Gasteiger partial charge is 0.294 e. The summed E-state index contributed by atoms with van der Waals surface area (Å²) in [6.07, 6.45) is 4.77. The van der Waals surface area contributed by atoms with Gasteiger partial charge in [0.05, 0.1) is 10.0 Å². The quantitative estimate of drug-likeness (QED) is 0.680. The molecule has 1 aliphatic heterocycles. The molecule has 8 heteroatoms. The van der Waals surface area contributed by atoms with Crippen LogP contribution in [0.2, 0.25) is 10.0 Å². The highest BCUT2D eigenvalue weighted by Crippen LogP contribution is 2.34. The number of carbonyl (C=O) groups is 1. The van der Waals surface area contributed by atoms with Crippen molar-refractivity contribution in [3.8, 4) is 5.69 Å². The summed E-state index contributed by atoms with van der Waals surface area (Å²) in [6.45, 7) is 7.31. The highest BCUT2D eigenvalue weighted by Gasteiger charge is 2.40. The summed E-state index contributed by atoms with van der Waals surface area (Å²) in [4.78, 5) is 22.5. The number of aromatic nitrogens is 3. The van der Waals surface area contributed by atoms with Gasteiger partial charge in [-0.1, -0.05) is 43.1 Å². The maximum absolute atomic E-state index is 13.5. The second-order valence-corrected chi connectivity index (χ2v) is 8.61. The van der Waals surface area contributed by atoms with Gasteiger partial charge in [-0.25, -0.2) is 9.67 Å². The predicted molar refractivity (Wildman–Crippen MR) is 115 cm³/mol. The molecule has 1 aliphatic carbocycles. The van der Waals surface area contributed by atoms with Gasteiger partial charge >= 0.3 is 0 Å². The van der Waals surface area contributed by atoms with E-state index in [9.17, 15) is 4.79 Å². The largest absolute Gasteiger partial charge is 0.330 e. The molecule has 1 saturated heterocycles. The van der Waals surface area contributed by atoms with Crippen molar-refractivity contribution in [2.75, 3.05) is 19.6 Å². The fourth-order valence-electron chi connectivity index (χ4n) is 4.15. The van der Waals surface area contributed by atoms with Crippen molar-refractivity contribution in [1.29, 1.82) is 0 Å². The molecule has 0 N–H and O–H groups in total. The number of para-hydroxylation sites is 1. The molecule has 4 rings (SSSR count). The van der Waals surface area contributed by atoms with Crippen LogP contribution in [0, 0.1) is 0 Å². The molecule has 1 aromatic heterocycles. The molecular weight excluding hydrogens is 409 g/mol. The molecule has 0 radical (unpaired) electrons. The van der Waals surface area contributed by atoms with Crippen LogP contribution in [0.1, 0.15) is 56.0 Å². The lowest BCUT2D eigenvalue weighted by Gasteiger charge is -2.38. The van der Waals surface area contributed by atoms with Crippen LogP contribution in [0.5, 0.6) is 0 Å². The molecule has 2 fully saturated rings. The van der Waals surface area contributed by atoms with E-state index in [1.54, 1.807) is 22.9 Å². The third-order valence-electron chi connectivity index (χ3n) is 5.90. The number of hydrogen-bond donors (Lipinski definition) is 0. The van der Waals surface area contributed by atoms with Gasteiger partial charge in [0, 0.05) is 31.6 Å². The Morgan fingerprint density at radius 3 is 2.28 bits per heavy atom. The fourth-order valence-corrected chi connectivity index (χ4v) is 4.70. The van der Waals surface area contributed by atoms with E-state index < -0.39 is 0 Å². The number of rotatable bonds is 6. The highest BCUT2D eigenvalue weighted by molar-refractivity contribution is 6.37. The number of benzene rings is 1. The minimum atomic E-state index is -0.0703. The second-order valence-electron chi connectivity index (χ2n) is 7.80. The van der Waals surface area contributed by atoms with E-state index in [1.807, 2.05) is 6.92 Å². The lowest BCUT2D eigenvalue weighted by atomic mass is 10.0. The predicted octanol–water partition coefficient (Wildman–Crippen LogP) is 4.23. The lowest BCUT2D eigenvalue weighted by molar-refractivity contribution is 0.0542. The Morgan fingerprint density at radius 1 is 1.10 bits per heavy atom. The molecule has 0 atom stereocenters. The van der Waals surface area contributed by atoms with Crippen LogP contribution in [0.25, 0.3) is 5.69 Å². The van der Waals surface area contributed by atoms with Gasteiger partial charge in [-0.2, -0.15) is 0 Å². The third-order valence-corrected chi connectivity index (χ3v) is 6.51. The van der Waals surface area contributed by atoms with Gasteiger partial charge in [0.25, 0.3) is 5.91 Å². The fraction of sp³-hybridized carbons (Fsp3) is 0.571. The van der Waals surface area contributed by atoms with Crippen LogP contribution in [0.3, 0.4) is 0 Å². The minimum absolute atomic E-state index is 0.0703. The molecule has 156 valence electrons. The molecule has 2 aromatic rings. The number of halogens is 2. The first-order chi connectivity index (χ1) is 14.0. The van der Waals surface area contributed by atoms with Crippen molar-refractivity contribution in [2.45, 2.75) is 58.0 Å². The van der Waals surface area contributed by atoms with E-state index in [-0.39, 0.29) is 17.8 Å². The van der Waals surface area contributed by atoms with Crippen molar-refractivity contribution in [3.63, 3.8) is 0 Å². The first-order valence-corrected chi connectivity index (χ1v) is 11.2. The minimum Gasteiger partial charge on any atom is -0.330 e. The van der Waals surface area contributed by atoms with E-state index in [4.69, 9.17) is 23.2 Å². The first kappa shape index (κ1) is 20.6. The number of piperidine rings is 1. The lowest BCUT2D eigenvalue weighted by Crippen LogP contribution is -2.48. The summed E-state index contributed by atoms with van der Waals surface area (Å²) in [5, 5.41) is 5.54. The summed E-state index contributed by atoms with van der Waals surface area (Å²) >= 11 is 12.8. The van der Waals surface area contributed by atoms with Crippen molar-refractivity contribution in [1.82, 2.24) is 24.6 Å². The van der Waals surface area contributed by atoms with Crippen LogP contribution in [0.4, 0.5) is 0 Å². The van der Waals surface area contributed by atoms with Gasteiger partial charge in [-0.3, -0.25) is 4.79 Å². The molecular formula is C21H27Cl2N5O. The molecule has 0 spiro atoms. The summed E-state index contributed by atoms with van der Waals surface area (Å²) in [5.74, 6) is 0.849. The van der Waals surface area contributed by atoms with E-state index in [2.05, 4.69) is 26.8 Å². The molecule has 2 heterocycles. The number of hydrogen-bond acceptors (Lipinski definition) is 4. The Kier molecular flexibility index (Phi) is 6.13. The molecule has 1 aromatic carbocycles. The number of likely N-dealkylation sites (tertiary alicyclic amines) is 1. The zero-order chi connectivity index (χ0) is 20.5. The van der Waals surface area contributed by atoms with E-state index in [0.29, 0.717) is 34.0 Å². The van der Waals surface area contributed by atoms with Crippen LogP contribution >= 0.6 is 23.2 Å². The van der Waals surface area contributed by atoms with Gasteiger partial charge in [-0.15, -0.1) is 5.10 Å². The molecule has 0 unspecified atom stereocenters. The van der Waals surface area contributed by atoms with Crippen LogP contribution in [-0.4, -0.2) is 62.2 Å². The number of aryl methyl sites for hydroxylation is 1. The average Bonchev–Trinajstić information content (AvgIpc) is 3.46. The van der Waals surface area contributed by atoms with Gasteiger partial charge in [-0.05, 0) is 44.4 Å². The van der Waals surface area contributed by atoms with Crippen LogP contribution < -0.4 is 0 Å². The Hall–Kier alpha value is -1.63. The van der Waals surface area contributed by atoms with Gasteiger partial charge in [0.2, 0.25) is 5.82 Å². The van der Waals surface area contributed by atoms with Crippen molar-refractivity contribution >= 4 is 29.1 Å². The molecule has 2 aliphatic rings. The van der Waals surface area contributed by atoms with Gasteiger partial charge < -0.3 is 9.80 Å². The number of carbonyl (C=O) groups excluding carboxylic acids is 1. The molecule has 1 saturated carbocycles. The number of nitrogens with zero attached hydrogens (tertiary/aromatic N) is 5. The maximum Gasteiger partial charge on any atom is 0.294 e. The van der Waals surface area contributed by atoms with Crippen molar-refractivity contribution < 1.29 is 4.79 Å². The average molecular weight is 436 g/mol. The summed E-state index contributed by atoms with van der Waals surface area (Å²) in [7, 11) is 0. The van der Waals surface area contributed by atoms with E-state index in [1.165, 1.54) is 0 Å². The van der Waals surface area contributed by atoms with Crippen molar-refractivity contribution in [3.05, 3.63) is 39.9 Å². The van der Waals surface area contributed by atoms with Gasteiger partial charge in [0.15, 0.2) is 0 Å². The normalized spacial score (nSPS) is 18.2. The Balaban J connectivity index is 1.64.